The van der Waals surface area contributed by atoms with Crippen LogP contribution in [-0.4, -0.2) is 39.8 Å². The van der Waals surface area contributed by atoms with E-state index < -0.39 is 11.6 Å². The Hall–Kier alpha value is -1.43. The Kier molecular flexibility index (Phi) is 5.68. The SMILES string of the molecule is Cc1c(C(=O)OC(C)(C)C)nnn1CCOCC(C)C. The topological polar surface area (TPSA) is 66.2 Å². The number of carbonyl (C=O) groups excluding carboxylic acids is 1. The zero-order valence-electron chi connectivity index (χ0n) is 13.3. The third-order valence-electron chi connectivity index (χ3n) is 2.47. The van der Waals surface area contributed by atoms with Gasteiger partial charge >= 0.3 is 5.97 Å². The summed E-state index contributed by atoms with van der Waals surface area (Å²) in [4.78, 5) is 11.9. The lowest BCUT2D eigenvalue weighted by Crippen LogP contribution is -2.24. The first-order valence-electron chi connectivity index (χ1n) is 6.92. The van der Waals surface area contributed by atoms with Crippen LogP contribution in [0.3, 0.4) is 0 Å². The van der Waals surface area contributed by atoms with Crippen LogP contribution in [0.5, 0.6) is 0 Å². The normalized spacial score (nSPS) is 11.9. The zero-order chi connectivity index (χ0) is 15.3. The molecule has 0 aromatic carbocycles. The van der Waals surface area contributed by atoms with Crippen molar-refractivity contribution in [2.45, 2.75) is 53.7 Å². The standard InChI is InChI=1S/C14H25N3O3/c1-10(2)9-19-8-7-17-11(3)12(15-16-17)13(18)20-14(4,5)6/h10H,7-9H2,1-6H3. The summed E-state index contributed by atoms with van der Waals surface area (Å²) in [6.07, 6.45) is 0. The molecule has 0 radical (unpaired) electrons. The number of ether oxygens (including phenoxy) is 2. The molecule has 0 N–H and O–H groups in total. The Morgan fingerprint density at radius 2 is 2.00 bits per heavy atom. The summed E-state index contributed by atoms with van der Waals surface area (Å²) >= 11 is 0. The highest BCUT2D eigenvalue weighted by atomic mass is 16.6. The number of hydrogen-bond donors (Lipinski definition) is 0. The minimum absolute atomic E-state index is 0.267. The summed E-state index contributed by atoms with van der Waals surface area (Å²) in [6.45, 7) is 13.3. The Morgan fingerprint density at radius 1 is 1.35 bits per heavy atom. The lowest BCUT2D eigenvalue weighted by Gasteiger charge is -2.18. The average molecular weight is 283 g/mol. The van der Waals surface area contributed by atoms with Gasteiger partial charge in [-0.05, 0) is 33.6 Å². The zero-order valence-corrected chi connectivity index (χ0v) is 13.3. The Labute approximate surface area is 120 Å². The highest BCUT2D eigenvalue weighted by Gasteiger charge is 2.23. The molecule has 1 aromatic rings. The summed E-state index contributed by atoms with van der Waals surface area (Å²) in [5.41, 5.74) is 0.435. The molecule has 1 rings (SSSR count). The molecule has 114 valence electrons. The van der Waals surface area contributed by atoms with Crippen molar-refractivity contribution in [3.63, 3.8) is 0 Å². The van der Waals surface area contributed by atoms with Crippen LogP contribution < -0.4 is 0 Å². The van der Waals surface area contributed by atoms with Crippen LogP contribution in [0, 0.1) is 12.8 Å². The van der Waals surface area contributed by atoms with E-state index in [0.717, 1.165) is 0 Å². The van der Waals surface area contributed by atoms with Gasteiger partial charge in [-0.3, -0.25) is 0 Å². The molecule has 6 heteroatoms. The van der Waals surface area contributed by atoms with Gasteiger partial charge in [-0.1, -0.05) is 19.1 Å². The molecule has 0 saturated carbocycles. The van der Waals surface area contributed by atoms with E-state index >= 15 is 0 Å². The van der Waals surface area contributed by atoms with Crippen molar-refractivity contribution < 1.29 is 14.3 Å². The van der Waals surface area contributed by atoms with Crippen LogP contribution in [0.4, 0.5) is 0 Å². The van der Waals surface area contributed by atoms with Gasteiger partial charge in [0.1, 0.15) is 5.60 Å². The fourth-order valence-electron chi connectivity index (χ4n) is 1.56. The smallest absolute Gasteiger partial charge is 0.361 e. The molecule has 1 heterocycles. The van der Waals surface area contributed by atoms with Crippen LogP contribution >= 0.6 is 0 Å². The number of rotatable bonds is 6. The molecule has 0 spiro atoms. The average Bonchev–Trinajstić information content (AvgIpc) is 2.64. The van der Waals surface area contributed by atoms with Crippen molar-refractivity contribution in [1.82, 2.24) is 15.0 Å². The summed E-state index contributed by atoms with van der Waals surface area (Å²) < 4.78 is 12.5. The largest absolute Gasteiger partial charge is 0.455 e. The predicted octanol–water partition coefficient (Wildman–Crippen LogP) is 2.21. The van der Waals surface area contributed by atoms with Crippen molar-refractivity contribution in [2.75, 3.05) is 13.2 Å². The van der Waals surface area contributed by atoms with Gasteiger partial charge in [0.15, 0.2) is 5.69 Å². The molecule has 1 aromatic heterocycles. The Bertz CT molecular complexity index is 447. The van der Waals surface area contributed by atoms with Crippen LogP contribution in [0.15, 0.2) is 0 Å². The number of esters is 1. The quantitative estimate of drug-likeness (QED) is 0.591. The number of aromatic nitrogens is 3. The summed E-state index contributed by atoms with van der Waals surface area (Å²) in [6, 6.07) is 0. The molecule has 20 heavy (non-hydrogen) atoms. The van der Waals surface area contributed by atoms with Gasteiger partial charge in [0.05, 0.1) is 18.8 Å². The number of carbonyl (C=O) groups is 1. The minimum atomic E-state index is -0.534. The molecule has 6 nitrogen and oxygen atoms in total. The Morgan fingerprint density at radius 3 is 2.55 bits per heavy atom. The van der Waals surface area contributed by atoms with Gasteiger partial charge in [-0.2, -0.15) is 0 Å². The van der Waals surface area contributed by atoms with E-state index in [4.69, 9.17) is 9.47 Å². The van der Waals surface area contributed by atoms with Gasteiger partial charge in [-0.25, -0.2) is 9.48 Å². The second-order valence-corrected chi connectivity index (χ2v) is 6.22. The van der Waals surface area contributed by atoms with E-state index in [-0.39, 0.29) is 5.69 Å². The first kappa shape index (κ1) is 16.6. The van der Waals surface area contributed by atoms with E-state index in [2.05, 4.69) is 24.2 Å². The minimum Gasteiger partial charge on any atom is -0.455 e. The molecule has 0 amide bonds. The molecule has 0 atom stereocenters. The van der Waals surface area contributed by atoms with Crippen LogP contribution in [0.25, 0.3) is 0 Å². The highest BCUT2D eigenvalue weighted by Crippen LogP contribution is 2.13. The maximum atomic E-state index is 11.9. The van der Waals surface area contributed by atoms with E-state index in [1.54, 1.807) is 4.68 Å². The van der Waals surface area contributed by atoms with E-state index in [0.29, 0.717) is 31.4 Å². The molecular formula is C14H25N3O3. The molecule has 0 saturated heterocycles. The van der Waals surface area contributed by atoms with Crippen molar-refractivity contribution in [2.24, 2.45) is 5.92 Å². The van der Waals surface area contributed by atoms with Gasteiger partial charge in [-0.15, -0.1) is 5.10 Å². The van der Waals surface area contributed by atoms with Crippen molar-refractivity contribution in [1.29, 1.82) is 0 Å². The van der Waals surface area contributed by atoms with Crippen LogP contribution in [-0.2, 0) is 16.0 Å². The second kappa shape index (κ2) is 6.83. The van der Waals surface area contributed by atoms with E-state index in [9.17, 15) is 4.79 Å². The molecular weight excluding hydrogens is 258 g/mol. The Balaban J connectivity index is 2.58. The maximum absolute atomic E-state index is 11.9. The highest BCUT2D eigenvalue weighted by molar-refractivity contribution is 5.88. The van der Waals surface area contributed by atoms with Crippen LogP contribution in [0.2, 0.25) is 0 Å². The van der Waals surface area contributed by atoms with Crippen molar-refractivity contribution in [3.05, 3.63) is 11.4 Å². The van der Waals surface area contributed by atoms with E-state index in [1.807, 2.05) is 27.7 Å². The molecule has 0 aliphatic rings. The predicted molar refractivity (Wildman–Crippen MR) is 75.6 cm³/mol. The maximum Gasteiger partial charge on any atom is 0.361 e. The third kappa shape index (κ3) is 5.28. The first-order chi connectivity index (χ1) is 9.20. The van der Waals surface area contributed by atoms with Crippen molar-refractivity contribution in [3.8, 4) is 0 Å². The summed E-state index contributed by atoms with van der Waals surface area (Å²) in [5.74, 6) is 0.0634. The van der Waals surface area contributed by atoms with Gasteiger partial charge in [0.25, 0.3) is 0 Å². The van der Waals surface area contributed by atoms with Crippen molar-refractivity contribution >= 4 is 5.97 Å². The molecule has 0 aliphatic heterocycles. The van der Waals surface area contributed by atoms with E-state index in [1.165, 1.54) is 0 Å². The third-order valence-corrected chi connectivity index (χ3v) is 2.47. The lowest BCUT2D eigenvalue weighted by atomic mass is 10.2. The molecule has 0 fully saturated rings. The molecule has 0 unspecified atom stereocenters. The van der Waals surface area contributed by atoms with Gasteiger partial charge in [0, 0.05) is 6.61 Å². The number of hydrogen-bond acceptors (Lipinski definition) is 5. The fourth-order valence-corrected chi connectivity index (χ4v) is 1.56. The van der Waals surface area contributed by atoms with Crippen LogP contribution in [0.1, 0.15) is 50.8 Å². The second-order valence-electron chi connectivity index (χ2n) is 6.22. The molecule has 0 aliphatic carbocycles. The number of nitrogens with zero attached hydrogens (tertiary/aromatic N) is 3. The summed E-state index contributed by atoms with van der Waals surface area (Å²) in [5, 5.41) is 7.87. The van der Waals surface area contributed by atoms with Gasteiger partial charge in [0.2, 0.25) is 0 Å². The first-order valence-corrected chi connectivity index (χ1v) is 6.92. The monoisotopic (exact) mass is 283 g/mol. The fraction of sp³-hybridized carbons (Fsp3) is 0.786. The lowest BCUT2D eigenvalue weighted by molar-refractivity contribution is 0.00618. The van der Waals surface area contributed by atoms with Gasteiger partial charge < -0.3 is 9.47 Å². The summed E-state index contributed by atoms with van der Waals surface area (Å²) in [7, 11) is 0. The molecule has 0 bridgehead atoms.